The molecule has 1 saturated carbocycles. The van der Waals surface area contributed by atoms with Crippen molar-refractivity contribution in [1.29, 1.82) is 0 Å². The standard InChI is InChI=1S/C10H19NO/c1-7-4-8(9(11)12)6-10(2,3)5-7/h7-8H,4-6H2,1-3H3,(H2,11,12). The van der Waals surface area contributed by atoms with Gasteiger partial charge in [0.15, 0.2) is 0 Å². The highest BCUT2D eigenvalue weighted by Gasteiger charge is 2.34. The van der Waals surface area contributed by atoms with Gasteiger partial charge in [0.05, 0.1) is 0 Å². The molecule has 1 amide bonds. The van der Waals surface area contributed by atoms with E-state index in [4.69, 9.17) is 5.73 Å². The van der Waals surface area contributed by atoms with Crippen molar-refractivity contribution in [3.63, 3.8) is 0 Å². The molecule has 0 spiro atoms. The molecular formula is C10H19NO. The zero-order chi connectivity index (χ0) is 9.35. The van der Waals surface area contributed by atoms with E-state index in [1.54, 1.807) is 0 Å². The highest BCUT2D eigenvalue weighted by molar-refractivity contribution is 5.76. The van der Waals surface area contributed by atoms with Gasteiger partial charge in [0.25, 0.3) is 0 Å². The number of carbonyl (C=O) groups excluding carboxylic acids is 1. The summed E-state index contributed by atoms with van der Waals surface area (Å²) in [5, 5.41) is 0. The zero-order valence-corrected chi connectivity index (χ0v) is 8.26. The molecule has 2 atom stereocenters. The summed E-state index contributed by atoms with van der Waals surface area (Å²) in [7, 11) is 0. The van der Waals surface area contributed by atoms with Gasteiger partial charge in [-0.3, -0.25) is 4.79 Å². The van der Waals surface area contributed by atoms with Crippen LogP contribution < -0.4 is 5.73 Å². The molecule has 2 nitrogen and oxygen atoms in total. The van der Waals surface area contributed by atoms with E-state index >= 15 is 0 Å². The van der Waals surface area contributed by atoms with Crippen molar-refractivity contribution >= 4 is 5.91 Å². The summed E-state index contributed by atoms with van der Waals surface area (Å²) in [6.45, 7) is 6.65. The third-order valence-corrected chi connectivity index (χ3v) is 2.79. The van der Waals surface area contributed by atoms with Crippen LogP contribution in [-0.2, 0) is 4.79 Å². The minimum atomic E-state index is -0.116. The predicted octanol–water partition coefficient (Wildman–Crippen LogP) is 1.93. The van der Waals surface area contributed by atoms with Crippen molar-refractivity contribution in [2.45, 2.75) is 40.0 Å². The Bertz CT molecular complexity index is 186. The molecular weight excluding hydrogens is 150 g/mol. The molecule has 0 aliphatic heterocycles. The largest absolute Gasteiger partial charge is 0.369 e. The molecule has 70 valence electrons. The van der Waals surface area contributed by atoms with E-state index in [-0.39, 0.29) is 11.8 Å². The number of hydrogen-bond donors (Lipinski definition) is 1. The summed E-state index contributed by atoms with van der Waals surface area (Å²) in [4.78, 5) is 11.0. The fourth-order valence-electron chi connectivity index (χ4n) is 2.56. The normalized spacial score (nSPS) is 34.6. The average molecular weight is 169 g/mol. The van der Waals surface area contributed by atoms with Gasteiger partial charge in [0.1, 0.15) is 0 Å². The molecule has 2 unspecified atom stereocenters. The first-order valence-corrected chi connectivity index (χ1v) is 4.70. The van der Waals surface area contributed by atoms with Gasteiger partial charge < -0.3 is 5.73 Å². The van der Waals surface area contributed by atoms with Gasteiger partial charge in [-0.25, -0.2) is 0 Å². The molecule has 1 aliphatic rings. The Labute approximate surface area is 74.5 Å². The fraction of sp³-hybridized carbons (Fsp3) is 0.900. The number of nitrogens with two attached hydrogens (primary N) is 1. The quantitative estimate of drug-likeness (QED) is 0.640. The Morgan fingerprint density at radius 2 is 2.00 bits per heavy atom. The molecule has 1 rings (SSSR count). The van der Waals surface area contributed by atoms with E-state index in [0.717, 1.165) is 12.8 Å². The fourth-order valence-corrected chi connectivity index (χ4v) is 2.56. The smallest absolute Gasteiger partial charge is 0.220 e. The van der Waals surface area contributed by atoms with Crippen LogP contribution in [0.15, 0.2) is 0 Å². The van der Waals surface area contributed by atoms with E-state index in [1.807, 2.05) is 0 Å². The lowest BCUT2D eigenvalue weighted by Gasteiger charge is -2.37. The molecule has 0 saturated heterocycles. The monoisotopic (exact) mass is 169 g/mol. The molecule has 2 heteroatoms. The lowest BCUT2D eigenvalue weighted by Crippen LogP contribution is -2.35. The van der Waals surface area contributed by atoms with Crippen molar-refractivity contribution in [2.75, 3.05) is 0 Å². The van der Waals surface area contributed by atoms with Crippen LogP contribution in [-0.4, -0.2) is 5.91 Å². The van der Waals surface area contributed by atoms with E-state index in [0.29, 0.717) is 11.3 Å². The van der Waals surface area contributed by atoms with Gasteiger partial charge in [-0.2, -0.15) is 0 Å². The minimum Gasteiger partial charge on any atom is -0.369 e. The first-order valence-electron chi connectivity index (χ1n) is 4.70. The maximum Gasteiger partial charge on any atom is 0.220 e. The third kappa shape index (κ3) is 2.23. The van der Waals surface area contributed by atoms with E-state index in [1.165, 1.54) is 6.42 Å². The van der Waals surface area contributed by atoms with Gasteiger partial charge in [0, 0.05) is 5.92 Å². The number of primary amides is 1. The number of amides is 1. The highest BCUT2D eigenvalue weighted by atomic mass is 16.1. The highest BCUT2D eigenvalue weighted by Crippen LogP contribution is 2.41. The van der Waals surface area contributed by atoms with E-state index < -0.39 is 0 Å². The lowest BCUT2D eigenvalue weighted by molar-refractivity contribution is -0.124. The SMILES string of the molecule is CC1CC(C(N)=O)CC(C)(C)C1. The van der Waals surface area contributed by atoms with Crippen molar-refractivity contribution in [1.82, 2.24) is 0 Å². The molecule has 1 aliphatic carbocycles. The van der Waals surface area contributed by atoms with Crippen molar-refractivity contribution in [3.8, 4) is 0 Å². The summed E-state index contributed by atoms with van der Waals surface area (Å²) in [6, 6.07) is 0. The summed E-state index contributed by atoms with van der Waals surface area (Å²) in [5.74, 6) is 0.643. The second-order valence-electron chi connectivity index (χ2n) is 5.01. The van der Waals surface area contributed by atoms with E-state index in [9.17, 15) is 4.79 Å². The second-order valence-corrected chi connectivity index (χ2v) is 5.01. The van der Waals surface area contributed by atoms with Gasteiger partial charge in [-0.15, -0.1) is 0 Å². The summed E-state index contributed by atoms with van der Waals surface area (Å²) in [6.07, 6.45) is 3.17. The minimum absolute atomic E-state index is 0.115. The first-order chi connectivity index (χ1) is 5.41. The summed E-state index contributed by atoms with van der Waals surface area (Å²) in [5.41, 5.74) is 5.61. The van der Waals surface area contributed by atoms with Crippen LogP contribution in [0.3, 0.4) is 0 Å². The molecule has 1 fully saturated rings. The van der Waals surface area contributed by atoms with Crippen LogP contribution in [0, 0.1) is 17.3 Å². The van der Waals surface area contributed by atoms with Crippen LogP contribution in [0.5, 0.6) is 0 Å². The molecule has 12 heavy (non-hydrogen) atoms. The van der Waals surface area contributed by atoms with Crippen LogP contribution in [0.25, 0.3) is 0 Å². The topological polar surface area (TPSA) is 43.1 Å². The lowest BCUT2D eigenvalue weighted by atomic mass is 9.68. The van der Waals surface area contributed by atoms with Crippen LogP contribution >= 0.6 is 0 Å². The molecule has 2 N–H and O–H groups in total. The van der Waals surface area contributed by atoms with Crippen molar-refractivity contribution in [3.05, 3.63) is 0 Å². The number of hydrogen-bond acceptors (Lipinski definition) is 1. The van der Waals surface area contributed by atoms with Crippen LogP contribution in [0.4, 0.5) is 0 Å². The van der Waals surface area contributed by atoms with Gasteiger partial charge >= 0.3 is 0 Å². The molecule has 0 aromatic carbocycles. The Morgan fingerprint density at radius 3 is 2.42 bits per heavy atom. The molecule has 0 radical (unpaired) electrons. The molecule has 0 heterocycles. The number of rotatable bonds is 1. The Kier molecular flexibility index (Phi) is 2.45. The molecule has 0 bridgehead atoms. The van der Waals surface area contributed by atoms with Crippen molar-refractivity contribution < 1.29 is 4.79 Å². The maximum atomic E-state index is 11.0. The maximum absolute atomic E-state index is 11.0. The number of carbonyl (C=O) groups is 1. The van der Waals surface area contributed by atoms with Gasteiger partial charge in [-0.1, -0.05) is 20.8 Å². The van der Waals surface area contributed by atoms with Crippen LogP contribution in [0.1, 0.15) is 40.0 Å². The molecule has 0 aromatic rings. The van der Waals surface area contributed by atoms with Crippen molar-refractivity contribution in [2.24, 2.45) is 23.0 Å². The third-order valence-electron chi connectivity index (χ3n) is 2.79. The second kappa shape index (κ2) is 3.08. The van der Waals surface area contributed by atoms with E-state index in [2.05, 4.69) is 20.8 Å². The van der Waals surface area contributed by atoms with Gasteiger partial charge in [-0.05, 0) is 30.6 Å². The Morgan fingerprint density at radius 1 is 1.42 bits per heavy atom. The van der Waals surface area contributed by atoms with Crippen LogP contribution in [0.2, 0.25) is 0 Å². The predicted molar refractivity (Wildman–Crippen MR) is 49.5 cm³/mol. The molecule has 0 aromatic heterocycles. The zero-order valence-electron chi connectivity index (χ0n) is 8.26. The summed E-state index contributed by atoms with van der Waals surface area (Å²) < 4.78 is 0. The van der Waals surface area contributed by atoms with Gasteiger partial charge in [0.2, 0.25) is 5.91 Å². The Hall–Kier alpha value is -0.530. The first kappa shape index (κ1) is 9.56. The average Bonchev–Trinajstić information content (AvgIpc) is 1.82. The summed E-state index contributed by atoms with van der Waals surface area (Å²) >= 11 is 0. The Balaban J connectivity index is 2.64.